The fourth-order valence-corrected chi connectivity index (χ4v) is 1.57. The quantitative estimate of drug-likeness (QED) is 0.646. The van der Waals surface area contributed by atoms with Crippen molar-refractivity contribution in [3.05, 3.63) is 0 Å². The van der Waals surface area contributed by atoms with Crippen LogP contribution in [0.25, 0.3) is 0 Å². The van der Waals surface area contributed by atoms with Crippen molar-refractivity contribution in [2.24, 2.45) is 0 Å². The molecule has 0 aromatic carbocycles. The lowest BCUT2D eigenvalue weighted by atomic mass is 10.1. The highest BCUT2D eigenvalue weighted by atomic mass is 16.5. The molecule has 0 amide bonds. The molecule has 0 spiro atoms. The zero-order valence-electron chi connectivity index (χ0n) is 7.80. The number of esters is 1. The molecule has 1 aliphatic rings. The van der Waals surface area contributed by atoms with Gasteiger partial charge in [0.15, 0.2) is 0 Å². The Bertz CT molecular complexity index is 159. The molecular weight excluding hydrogens is 154 g/mol. The Morgan fingerprint density at radius 3 is 2.75 bits per heavy atom. The fraction of sp³-hybridized carbons (Fsp3) is 0.889. The summed E-state index contributed by atoms with van der Waals surface area (Å²) in [6, 6.07) is 0.467. The molecule has 12 heavy (non-hydrogen) atoms. The fourth-order valence-electron chi connectivity index (χ4n) is 1.57. The normalized spacial score (nSPS) is 28.8. The second-order valence-electron chi connectivity index (χ2n) is 3.15. The molecule has 0 aliphatic carbocycles. The molecular formula is C9H17NO2. The van der Waals surface area contributed by atoms with Gasteiger partial charge in [-0.3, -0.25) is 4.79 Å². The van der Waals surface area contributed by atoms with Gasteiger partial charge in [0.25, 0.3) is 0 Å². The van der Waals surface area contributed by atoms with Crippen LogP contribution in [0, 0.1) is 0 Å². The standard InChI is InChI=1S/C9H17NO2/c1-3-7-5-6-8(10-7)9(11)12-4-2/h7-8,10H,3-6H2,1-2H3. The summed E-state index contributed by atoms with van der Waals surface area (Å²) in [6.45, 7) is 4.45. The highest BCUT2D eigenvalue weighted by Crippen LogP contribution is 2.15. The molecule has 70 valence electrons. The van der Waals surface area contributed by atoms with Gasteiger partial charge >= 0.3 is 5.97 Å². The van der Waals surface area contributed by atoms with Crippen LogP contribution in [-0.2, 0) is 9.53 Å². The Balaban J connectivity index is 2.31. The first kappa shape index (κ1) is 9.52. The largest absolute Gasteiger partial charge is 0.465 e. The van der Waals surface area contributed by atoms with Crippen LogP contribution >= 0.6 is 0 Å². The van der Waals surface area contributed by atoms with Crippen LogP contribution in [0.2, 0.25) is 0 Å². The summed E-state index contributed by atoms with van der Waals surface area (Å²) in [7, 11) is 0. The first-order valence-electron chi connectivity index (χ1n) is 4.70. The highest BCUT2D eigenvalue weighted by Gasteiger charge is 2.28. The van der Waals surface area contributed by atoms with Gasteiger partial charge < -0.3 is 10.1 Å². The van der Waals surface area contributed by atoms with Crippen LogP contribution < -0.4 is 5.32 Å². The van der Waals surface area contributed by atoms with E-state index in [1.54, 1.807) is 0 Å². The Labute approximate surface area is 73.5 Å². The van der Waals surface area contributed by atoms with Gasteiger partial charge in [0.05, 0.1) is 6.61 Å². The Kier molecular flexibility index (Phi) is 3.53. The van der Waals surface area contributed by atoms with Crippen LogP contribution in [0.15, 0.2) is 0 Å². The molecule has 1 aliphatic heterocycles. The minimum Gasteiger partial charge on any atom is -0.465 e. The molecule has 0 aromatic rings. The van der Waals surface area contributed by atoms with Crippen molar-refractivity contribution in [2.75, 3.05) is 6.61 Å². The summed E-state index contributed by atoms with van der Waals surface area (Å²) in [5, 5.41) is 3.25. The van der Waals surface area contributed by atoms with E-state index in [-0.39, 0.29) is 12.0 Å². The van der Waals surface area contributed by atoms with Crippen LogP contribution in [-0.4, -0.2) is 24.7 Å². The molecule has 1 rings (SSSR count). The van der Waals surface area contributed by atoms with E-state index in [9.17, 15) is 4.79 Å². The minimum absolute atomic E-state index is 0.0464. The van der Waals surface area contributed by atoms with Crippen molar-refractivity contribution in [3.8, 4) is 0 Å². The van der Waals surface area contributed by atoms with Gasteiger partial charge in [-0.1, -0.05) is 6.92 Å². The number of ether oxygens (including phenoxy) is 1. The van der Waals surface area contributed by atoms with Gasteiger partial charge in [-0.2, -0.15) is 0 Å². The van der Waals surface area contributed by atoms with Gasteiger partial charge in [0.1, 0.15) is 6.04 Å². The molecule has 3 heteroatoms. The van der Waals surface area contributed by atoms with Crippen molar-refractivity contribution in [1.82, 2.24) is 5.32 Å². The van der Waals surface area contributed by atoms with Crippen molar-refractivity contribution >= 4 is 5.97 Å². The van der Waals surface area contributed by atoms with E-state index < -0.39 is 0 Å². The van der Waals surface area contributed by atoms with E-state index >= 15 is 0 Å². The van der Waals surface area contributed by atoms with Crippen molar-refractivity contribution in [2.45, 2.75) is 45.2 Å². The van der Waals surface area contributed by atoms with E-state index in [1.165, 1.54) is 0 Å². The number of rotatable bonds is 3. The van der Waals surface area contributed by atoms with Gasteiger partial charge in [-0.15, -0.1) is 0 Å². The average molecular weight is 171 g/mol. The van der Waals surface area contributed by atoms with E-state index in [2.05, 4.69) is 12.2 Å². The van der Waals surface area contributed by atoms with E-state index in [1.807, 2.05) is 6.92 Å². The predicted octanol–water partition coefficient (Wildman–Crippen LogP) is 1.08. The van der Waals surface area contributed by atoms with E-state index in [0.717, 1.165) is 19.3 Å². The lowest BCUT2D eigenvalue weighted by Crippen LogP contribution is -2.36. The minimum atomic E-state index is -0.0894. The van der Waals surface area contributed by atoms with Crippen molar-refractivity contribution < 1.29 is 9.53 Å². The Morgan fingerprint density at radius 2 is 2.25 bits per heavy atom. The predicted molar refractivity (Wildman–Crippen MR) is 46.9 cm³/mol. The zero-order chi connectivity index (χ0) is 8.97. The maximum Gasteiger partial charge on any atom is 0.323 e. The van der Waals surface area contributed by atoms with Crippen LogP contribution in [0.5, 0.6) is 0 Å². The monoisotopic (exact) mass is 171 g/mol. The topological polar surface area (TPSA) is 38.3 Å². The number of hydrogen-bond donors (Lipinski definition) is 1. The molecule has 2 unspecified atom stereocenters. The van der Waals surface area contributed by atoms with Gasteiger partial charge in [0.2, 0.25) is 0 Å². The average Bonchev–Trinajstić information content (AvgIpc) is 2.52. The van der Waals surface area contributed by atoms with Crippen LogP contribution in [0.3, 0.4) is 0 Å². The van der Waals surface area contributed by atoms with Crippen LogP contribution in [0.1, 0.15) is 33.1 Å². The van der Waals surface area contributed by atoms with Gasteiger partial charge in [0, 0.05) is 6.04 Å². The maximum absolute atomic E-state index is 11.2. The van der Waals surface area contributed by atoms with E-state index in [4.69, 9.17) is 4.74 Å². The summed E-state index contributed by atoms with van der Waals surface area (Å²) in [5.41, 5.74) is 0. The molecule has 0 bridgehead atoms. The maximum atomic E-state index is 11.2. The molecule has 2 atom stereocenters. The van der Waals surface area contributed by atoms with Crippen molar-refractivity contribution in [1.29, 1.82) is 0 Å². The lowest BCUT2D eigenvalue weighted by Gasteiger charge is -2.11. The van der Waals surface area contributed by atoms with Gasteiger partial charge in [-0.05, 0) is 26.2 Å². The second-order valence-corrected chi connectivity index (χ2v) is 3.15. The Morgan fingerprint density at radius 1 is 1.50 bits per heavy atom. The van der Waals surface area contributed by atoms with Crippen LogP contribution in [0.4, 0.5) is 0 Å². The molecule has 1 saturated heterocycles. The summed E-state index contributed by atoms with van der Waals surface area (Å²) >= 11 is 0. The first-order chi connectivity index (χ1) is 5.77. The zero-order valence-corrected chi connectivity index (χ0v) is 7.80. The number of nitrogens with one attached hydrogen (secondary N) is 1. The first-order valence-corrected chi connectivity index (χ1v) is 4.70. The van der Waals surface area contributed by atoms with E-state index in [0.29, 0.717) is 12.6 Å². The molecule has 1 heterocycles. The molecule has 0 saturated carbocycles. The second kappa shape index (κ2) is 4.45. The summed E-state index contributed by atoms with van der Waals surface area (Å²) in [4.78, 5) is 11.2. The Hall–Kier alpha value is -0.570. The molecule has 0 radical (unpaired) electrons. The number of hydrogen-bond acceptors (Lipinski definition) is 3. The molecule has 3 nitrogen and oxygen atoms in total. The molecule has 1 N–H and O–H groups in total. The third-order valence-corrected chi connectivity index (χ3v) is 2.30. The highest BCUT2D eigenvalue weighted by molar-refractivity contribution is 5.76. The van der Waals surface area contributed by atoms with Gasteiger partial charge in [-0.25, -0.2) is 0 Å². The molecule has 1 fully saturated rings. The van der Waals surface area contributed by atoms with Crippen molar-refractivity contribution in [3.63, 3.8) is 0 Å². The summed E-state index contributed by atoms with van der Waals surface area (Å²) in [6.07, 6.45) is 3.12. The third kappa shape index (κ3) is 2.21. The summed E-state index contributed by atoms with van der Waals surface area (Å²) in [5.74, 6) is -0.0894. The number of carbonyl (C=O) groups excluding carboxylic acids is 1. The number of carbonyl (C=O) groups is 1. The third-order valence-electron chi connectivity index (χ3n) is 2.30. The smallest absolute Gasteiger partial charge is 0.323 e. The summed E-state index contributed by atoms with van der Waals surface area (Å²) < 4.78 is 4.92. The lowest BCUT2D eigenvalue weighted by molar-refractivity contribution is -0.145. The molecule has 0 aromatic heterocycles. The SMILES string of the molecule is CCOC(=O)C1CCC(CC)N1.